The number of nitrogens with zero attached hydrogens (tertiary/aromatic N) is 1. The molecule has 1 aromatic heterocycles. The normalized spacial score (nSPS) is 20.5. The van der Waals surface area contributed by atoms with Crippen molar-refractivity contribution in [1.82, 2.24) is 4.90 Å². The van der Waals surface area contributed by atoms with Gasteiger partial charge in [-0.15, -0.1) is 0 Å². The molecule has 1 saturated heterocycles. The Morgan fingerprint density at radius 2 is 2.11 bits per heavy atom. The van der Waals surface area contributed by atoms with Gasteiger partial charge in [-0.05, 0) is 51.3 Å². The van der Waals surface area contributed by atoms with E-state index in [1.807, 2.05) is 32.9 Å². The molecule has 5 heteroatoms. The van der Waals surface area contributed by atoms with Crippen molar-refractivity contribution in [3.8, 4) is 0 Å². The van der Waals surface area contributed by atoms with Crippen molar-refractivity contribution in [3.05, 3.63) is 59.5 Å². The highest BCUT2D eigenvalue weighted by Crippen LogP contribution is 2.32. The minimum absolute atomic E-state index is 0.107. The number of likely N-dealkylation sites (tertiary alicyclic amines) is 1. The first-order valence-corrected chi connectivity index (χ1v) is 9.49. The molecule has 0 saturated carbocycles. The van der Waals surface area contributed by atoms with Crippen molar-refractivity contribution in [2.45, 2.75) is 58.3 Å². The summed E-state index contributed by atoms with van der Waals surface area (Å²) in [5, 5.41) is 0. The van der Waals surface area contributed by atoms with Crippen molar-refractivity contribution in [1.29, 1.82) is 0 Å². The van der Waals surface area contributed by atoms with Gasteiger partial charge in [-0.25, -0.2) is 4.79 Å². The fourth-order valence-corrected chi connectivity index (χ4v) is 3.45. The summed E-state index contributed by atoms with van der Waals surface area (Å²) in [6.07, 6.45) is 3.89. The lowest BCUT2D eigenvalue weighted by atomic mass is 9.88. The van der Waals surface area contributed by atoms with Crippen LogP contribution in [0.4, 0.5) is 4.79 Å². The Bertz CT molecular complexity index is 748. The number of rotatable bonds is 4. The molecule has 1 aromatic carbocycles. The predicted octanol–water partition coefficient (Wildman–Crippen LogP) is 4.90. The highest BCUT2D eigenvalue weighted by Gasteiger charge is 2.35. The molecule has 27 heavy (non-hydrogen) atoms. The average molecular weight is 371 g/mol. The van der Waals surface area contributed by atoms with Crippen LogP contribution in [0.15, 0.2) is 47.3 Å². The molecule has 1 amide bonds. The Kier molecular flexibility index (Phi) is 5.90. The van der Waals surface area contributed by atoms with Gasteiger partial charge >= 0.3 is 6.09 Å². The van der Waals surface area contributed by atoms with Crippen LogP contribution in [0.3, 0.4) is 0 Å². The molecular weight excluding hydrogens is 342 g/mol. The molecule has 2 heterocycles. The van der Waals surface area contributed by atoms with E-state index in [0.717, 1.165) is 17.5 Å². The van der Waals surface area contributed by atoms with Gasteiger partial charge in [-0.3, -0.25) is 0 Å². The van der Waals surface area contributed by atoms with Gasteiger partial charge in [0.25, 0.3) is 0 Å². The Morgan fingerprint density at radius 3 is 2.78 bits per heavy atom. The molecule has 0 N–H and O–H groups in total. The van der Waals surface area contributed by atoms with Crippen molar-refractivity contribution in [3.63, 3.8) is 0 Å². The zero-order valence-corrected chi connectivity index (χ0v) is 16.6. The molecule has 1 aliphatic heterocycles. The summed E-state index contributed by atoms with van der Waals surface area (Å²) in [5.74, 6) is 0.201. The van der Waals surface area contributed by atoms with E-state index in [0.29, 0.717) is 19.7 Å². The van der Waals surface area contributed by atoms with Crippen LogP contribution in [-0.2, 0) is 16.1 Å². The van der Waals surface area contributed by atoms with Crippen molar-refractivity contribution in [2.75, 3.05) is 13.1 Å². The van der Waals surface area contributed by atoms with Crippen LogP contribution in [0, 0.1) is 6.92 Å². The average Bonchev–Trinajstić information content (AvgIpc) is 3.12. The minimum Gasteiger partial charge on any atom is -0.472 e. The quantitative estimate of drug-likeness (QED) is 0.767. The number of carbonyl (C=O) groups excluding carboxylic acids is 1. The van der Waals surface area contributed by atoms with E-state index in [9.17, 15) is 4.79 Å². The second-order valence-corrected chi connectivity index (χ2v) is 8.22. The highest BCUT2D eigenvalue weighted by atomic mass is 16.6. The summed E-state index contributed by atoms with van der Waals surface area (Å²) in [6.45, 7) is 9.40. The van der Waals surface area contributed by atoms with Crippen LogP contribution in [0.25, 0.3) is 0 Å². The summed E-state index contributed by atoms with van der Waals surface area (Å²) >= 11 is 0. The third-order valence-corrected chi connectivity index (χ3v) is 4.73. The molecule has 1 aliphatic rings. The fraction of sp³-hybridized carbons (Fsp3) is 0.500. The van der Waals surface area contributed by atoms with Crippen LogP contribution in [-0.4, -0.2) is 35.8 Å². The van der Waals surface area contributed by atoms with Gasteiger partial charge in [0.1, 0.15) is 5.60 Å². The zero-order chi connectivity index (χ0) is 19.4. The van der Waals surface area contributed by atoms with Crippen molar-refractivity contribution in [2.24, 2.45) is 0 Å². The third-order valence-electron chi connectivity index (χ3n) is 4.73. The maximum atomic E-state index is 12.5. The van der Waals surface area contributed by atoms with E-state index in [4.69, 9.17) is 13.9 Å². The van der Waals surface area contributed by atoms with E-state index in [-0.39, 0.29) is 18.1 Å². The predicted molar refractivity (Wildman–Crippen MR) is 104 cm³/mol. The topological polar surface area (TPSA) is 51.9 Å². The van der Waals surface area contributed by atoms with Gasteiger partial charge in [0, 0.05) is 12.5 Å². The summed E-state index contributed by atoms with van der Waals surface area (Å²) in [4.78, 5) is 14.3. The summed E-state index contributed by atoms with van der Waals surface area (Å²) in [7, 11) is 0. The van der Waals surface area contributed by atoms with Crippen LogP contribution in [0.5, 0.6) is 0 Å². The number of furan rings is 1. The van der Waals surface area contributed by atoms with Crippen LogP contribution in [0.1, 0.15) is 49.8 Å². The van der Waals surface area contributed by atoms with Crippen LogP contribution < -0.4 is 0 Å². The molecule has 0 unspecified atom stereocenters. The standard InChI is InChI=1S/C22H29NO4/c1-16-6-5-7-17(12-16)14-26-20-13-23(21(24)27-22(2,3)4)10-8-19(20)18-9-11-25-15-18/h5-7,9,11-12,15,19-20H,8,10,13-14H2,1-4H3/t19-,20+/m1/s1. The lowest BCUT2D eigenvalue weighted by molar-refractivity contribution is -0.0360. The van der Waals surface area contributed by atoms with E-state index in [1.165, 1.54) is 5.56 Å². The summed E-state index contributed by atoms with van der Waals surface area (Å²) < 4.78 is 17.1. The number of benzene rings is 1. The van der Waals surface area contributed by atoms with Gasteiger partial charge in [0.2, 0.25) is 0 Å². The molecule has 0 bridgehead atoms. The largest absolute Gasteiger partial charge is 0.472 e. The second kappa shape index (κ2) is 8.17. The van der Waals surface area contributed by atoms with E-state index in [1.54, 1.807) is 17.4 Å². The number of ether oxygens (including phenoxy) is 2. The molecule has 3 rings (SSSR count). The van der Waals surface area contributed by atoms with E-state index < -0.39 is 5.60 Å². The van der Waals surface area contributed by atoms with Crippen molar-refractivity contribution < 1.29 is 18.7 Å². The maximum absolute atomic E-state index is 12.5. The lowest BCUT2D eigenvalue weighted by Gasteiger charge is -2.38. The van der Waals surface area contributed by atoms with E-state index in [2.05, 4.69) is 25.1 Å². The summed E-state index contributed by atoms with van der Waals surface area (Å²) in [5.41, 5.74) is 2.96. The maximum Gasteiger partial charge on any atom is 0.410 e. The molecule has 0 radical (unpaired) electrons. The summed E-state index contributed by atoms with van der Waals surface area (Å²) in [6, 6.07) is 10.3. The zero-order valence-electron chi connectivity index (χ0n) is 16.6. The number of hydrogen-bond donors (Lipinski definition) is 0. The number of aryl methyl sites for hydroxylation is 1. The first kappa shape index (κ1) is 19.5. The molecule has 0 spiro atoms. The molecule has 146 valence electrons. The minimum atomic E-state index is -0.504. The molecular formula is C22H29NO4. The smallest absolute Gasteiger partial charge is 0.410 e. The molecule has 0 aliphatic carbocycles. The SMILES string of the molecule is Cc1cccc(CO[C@H]2CN(C(=O)OC(C)(C)C)CC[C@@H]2c2ccoc2)c1. The van der Waals surface area contributed by atoms with Crippen molar-refractivity contribution >= 4 is 6.09 Å². The number of carbonyl (C=O) groups is 1. The number of hydrogen-bond acceptors (Lipinski definition) is 4. The molecule has 2 atom stereocenters. The highest BCUT2D eigenvalue weighted by molar-refractivity contribution is 5.68. The fourth-order valence-electron chi connectivity index (χ4n) is 3.45. The van der Waals surface area contributed by atoms with Crippen LogP contribution >= 0.6 is 0 Å². The van der Waals surface area contributed by atoms with Crippen LogP contribution in [0.2, 0.25) is 0 Å². The van der Waals surface area contributed by atoms with Gasteiger partial charge < -0.3 is 18.8 Å². The number of piperidine rings is 1. The monoisotopic (exact) mass is 371 g/mol. The Balaban J connectivity index is 1.70. The third kappa shape index (κ3) is 5.36. The Hall–Kier alpha value is -2.27. The second-order valence-electron chi connectivity index (χ2n) is 8.22. The van der Waals surface area contributed by atoms with Gasteiger partial charge in [-0.1, -0.05) is 29.8 Å². The molecule has 1 fully saturated rings. The first-order chi connectivity index (χ1) is 12.8. The van der Waals surface area contributed by atoms with Gasteiger partial charge in [0.15, 0.2) is 0 Å². The number of amides is 1. The van der Waals surface area contributed by atoms with Gasteiger partial charge in [-0.2, -0.15) is 0 Å². The Morgan fingerprint density at radius 1 is 1.30 bits per heavy atom. The molecule has 5 nitrogen and oxygen atoms in total. The Labute approximate surface area is 161 Å². The van der Waals surface area contributed by atoms with E-state index >= 15 is 0 Å². The van der Waals surface area contributed by atoms with Gasteiger partial charge in [0.05, 0.1) is 31.8 Å². The molecule has 2 aromatic rings. The lowest BCUT2D eigenvalue weighted by Crippen LogP contribution is -2.48. The first-order valence-electron chi connectivity index (χ1n) is 9.49.